The van der Waals surface area contributed by atoms with E-state index in [0.29, 0.717) is 22.8 Å². The van der Waals surface area contributed by atoms with Gasteiger partial charge in [0.2, 0.25) is 0 Å². The summed E-state index contributed by atoms with van der Waals surface area (Å²) in [7, 11) is 0. The van der Waals surface area contributed by atoms with E-state index in [9.17, 15) is 9.59 Å². The van der Waals surface area contributed by atoms with Gasteiger partial charge in [-0.05, 0) is 47.0 Å². The predicted octanol–water partition coefficient (Wildman–Crippen LogP) is 3.17. The lowest BCUT2D eigenvalue weighted by Gasteiger charge is -2.15. The average Bonchev–Trinajstić information content (AvgIpc) is 2.98. The van der Waals surface area contributed by atoms with Crippen molar-refractivity contribution in [3.63, 3.8) is 0 Å². The van der Waals surface area contributed by atoms with Gasteiger partial charge in [-0.25, -0.2) is 0 Å². The molecule has 0 fully saturated rings. The second kappa shape index (κ2) is 4.79. The van der Waals surface area contributed by atoms with Gasteiger partial charge in [-0.1, -0.05) is 11.6 Å². The molecule has 0 spiro atoms. The minimum atomic E-state index is -0.470. The van der Waals surface area contributed by atoms with E-state index in [1.165, 1.54) is 10.5 Å². The molecule has 1 aromatic carbocycles. The number of nitrogens with zero attached hydrogens (tertiary/aromatic N) is 1. The van der Waals surface area contributed by atoms with Gasteiger partial charge in [0.25, 0.3) is 11.7 Å². The zero-order chi connectivity index (χ0) is 13.4. The van der Waals surface area contributed by atoms with Crippen LogP contribution >= 0.6 is 22.9 Å². The molecule has 0 saturated carbocycles. The van der Waals surface area contributed by atoms with Gasteiger partial charge in [-0.15, -0.1) is 0 Å². The lowest BCUT2D eigenvalue weighted by atomic mass is 10.1. The lowest BCUT2D eigenvalue weighted by molar-refractivity contribution is -0.114. The molecule has 19 heavy (non-hydrogen) atoms. The van der Waals surface area contributed by atoms with E-state index >= 15 is 0 Å². The molecule has 0 atom stereocenters. The van der Waals surface area contributed by atoms with Crippen molar-refractivity contribution in [3.05, 3.63) is 51.2 Å². The van der Waals surface area contributed by atoms with Gasteiger partial charge in [0.1, 0.15) is 0 Å². The summed E-state index contributed by atoms with van der Waals surface area (Å²) >= 11 is 7.48. The Morgan fingerprint density at radius 3 is 2.79 bits per heavy atom. The maximum Gasteiger partial charge on any atom is 0.299 e. The Morgan fingerprint density at radius 1 is 1.21 bits per heavy atom. The second-order valence-electron chi connectivity index (χ2n) is 4.33. The average molecular weight is 292 g/mol. The van der Waals surface area contributed by atoms with Crippen molar-refractivity contribution in [2.75, 3.05) is 11.4 Å². The maximum absolute atomic E-state index is 12.0. The fourth-order valence-corrected chi connectivity index (χ4v) is 3.05. The molecule has 1 aliphatic heterocycles. The first-order valence-electron chi connectivity index (χ1n) is 5.83. The minimum Gasteiger partial charge on any atom is -0.304 e. The SMILES string of the molecule is O=C1C(=O)N(CCc2ccsc2)c2ccc(Cl)cc21. The van der Waals surface area contributed by atoms with E-state index in [1.54, 1.807) is 29.5 Å². The number of ketones is 1. The molecule has 5 heteroatoms. The van der Waals surface area contributed by atoms with E-state index in [2.05, 4.69) is 0 Å². The van der Waals surface area contributed by atoms with Gasteiger partial charge in [-0.3, -0.25) is 9.59 Å². The molecule has 0 aliphatic carbocycles. The molecular formula is C14H10ClNO2S. The molecule has 0 unspecified atom stereocenters. The fraction of sp³-hybridized carbons (Fsp3) is 0.143. The molecule has 0 N–H and O–H groups in total. The van der Waals surface area contributed by atoms with Crippen molar-refractivity contribution < 1.29 is 9.59 Å². The molecule has 2 aromatic rings. The smallest absolute Gasteiger partial charge is 0.299 e. The van der Waals surface area contributed by atoms with Crippen LogP contribution in [0.1, 0.15) is 15.9 Å². The van der Waals surface area contributed by atoms with Crippen LogP contribution in [0.5, 0.6) is 0 Å². The van der Waals surface area contributed by atoms with Crippen LogP contribution in [0, 0.1) is 0 Å². The van der Waals surface area contributed by atoms with Gasteiger partial charge in [0.15, 0.2) is 0 Å². The zero-order valence-corrected chi connectivity index (χ0v) is 11.5. The van der Waals surface area contributed by atoms with Crippen LogP contribution in [0.3, 0.4) is 0 Å². The van der Waals surface area contributed by atoms with Crippen molar-refractivity contribution in [2.45, 2.75) is 6.42 Å². The lowest BCUT2D eigenvalue weighted by Crippen LogP contribution is -2.31. The Balaban J connectivity index is 1.87. The number of thiophene rings is 1. The number of anilines is 1. The van der Waals surface area contributed by atoms with E-state index in [-0.39, 0.29) is 0 Å². The van der Waals surface area contributed by atoms with Crippen LogP contribution < -0.4 is 4.90 Å². The molecule has 0 bridgehead atoms. The van der Waals surface area contributed by atoms with Crippen LogP contribution in [-0.2, 0) is 11.2 Å². The van der Waals surface area contributed by atoms with Crippen molar-refractivity contribution >= 4 is 40.3 Å². The van der Waals surface area contributed by atoms with Crippen molar-refractivity contribution in [2.24, 2.45) is 0 Å². The third-order valence-corrected chi connectivity index (χ3v) is 4.10. The molecule has 3 rings (SSSR count). The largest absolute Gasteiger partial charge is 0.304 e. The summed E-state index contributed by atoms with van der Waals surface area (Å²) in [5.74, 6) is -0.935. The monoisotopic (exact) mass is 291 g/mol. The summed E-state index contributed by atoms with van der Waals surface area (Å²) in [5, 5.41) is 4.52. The maximum atomic E-state index is 12.0. The highest BCUT2D eigenvalue weighted by Crippen LogP contribution is 2.31. The number of carbonyl (C=O) groups excluding carboxylic acids is 2. The Hall–Kier alpha value is -1.65. The van der Waals surface area contributed by atoms with Gasteiger partial charge in [-0.2, -0.15) is 11.3 Å². The molecule has 1 aliphatic rings. The van der Waals surface area contributed by atoms with E-state index in [1.807, 2.05) is 16.8 Å². The Morgan fingerprint density at radius 2 is 2.05 bits per heavy atom. The van der Waals surface area contributed by atoms with Gasteiger partial charge < -0.3 is 4.90 Å². The first-order valence-corrected chi connectivity index (χ1v) is 7.16. The van der Waals surface area contributed by atoms with Crippen LogP contribution in [0.15, 0.2) is 35.0 Å². The summed E-state index contributed by atoms with van der Waals surface area (Å²) in [5.41, 5.74) is 2.24. The number of Topliss-reactive ketones (excluding diaryl/α,β-unsaturated/α-hetero) is 1. The molecule has 0 radical (unpaired) electrons. The molecule has 3 nitrogen and oxygen atoms in total. The van der Waals surface area contributed by atoms with E-state index in [0.717, 1.165) is 6.42 Å². The minimum absolute atomic E-state index is 0.405. The number of hydrogen-bond donors (Lipinski definition) is 0. The second-order valence-corrected chi connectivity index (χ2v) is 5.55. The molecule has 1 amide bonds. The van der Waals surface area contributed by atoms with Crippen molar-refractivity contribution in [1.82, 2.24) is 0 Å². The van der Waals surface area contributed by atoms with Crippen LogP contribution in [0.2, 0.25) is 5.02 Å². The van der Waals surface area contributed by atoms with Crippen LogP contribution in [-0.4, -0.2) is 18.2 Å². The number of halogens is 1. The zero-order valence-electron chi connectivity index (χ0n) is 9.93. The normalized spacial score (nSPS) is 14.1. The summed E-state index contributed by atoms with van der Waals surface area (Å²) in [6.45, 7) is 0.510. The molecular weight excluding hydrogens is 282 g/mol. The Kier molecular flexibility index (Phi) is 3.12. The quantitative estimate of drug-likeness (QED) is 0.815. The predicted molar refractivity (Wildman–Crippen MR) is 76.2 cm³/mol. The van der Waals surface area contributed by atoms with Gasteiger partial charge >= 0.3 is 0 Å². The van der Waals surface area contributed by atoms with E-state index in [4.69, 9.17) is 11.6 Å². The number of fused-ring (bicyclic) bond motifs is 1. The highest BCUT2D eigenvalue weighted by atomic mass is 35.5. The Labute approximate surface area is 119 Å². The summed E-state index contributed by atoms with van der Waals surface area (Å²) in [6, 6.07) is 7.01. The topological polar surface area (TPSA) is 37.4 Å². The number of amides is 1. The number of carbonyl (C=O) groups is 2. The third-order valence-electron chi connectivity index (χ3n) is 3.14. The number of hydrogen-bond acceptors (Lipinski definition) is 3. The first-order chi connectivity index (χ1) is 9.16. The molecule has 0 saturated heterocycles. The number of benzene rings is 1. The van der Waals surface area contributed by atoms with Gasteiger partial charge in [0.05, 0.1) is 11.3 Å². The fourth-order valence-electron chi connectivity index (χ4n) is 2.17. The Bertz CT molecular complexity index is 651. The van der Waals surface area contributed by atoms with Crippen LogP contribution in [0.4, 0.5) is 5.69 Å². The third kappa shape index (κ3) is 2.17. The summed E-state index contributed by atoms with van der Waals surface area (Å²) < 4.78 is 0. The molecule has 2 heterocycles. The highest BCUT2D eigenvalue weighted by Gasteiger charge is 2.35. The standard InChI is InChI=1S/C14H10ClNO2S/c15-10-1-2-12-11(7-10)13(17)14(18)16(12)5-3-9-4-6-19-8-9/h1-2,4,6-8H,3,5H2. The van der Waals surface area contributed by atoms with Crippen molar-refractivity contribution in [3.8, 4) is 0 Å². The molecule has 96 valence electrons. The van der Waals surface area contributed by atoms with Crippen molar-refractivity contribution in [1.29, 1.82) is 0 Å². The first kappa shape index (κ1) is 12.4. The van der Waals surface area contributed by atoms with Crippen LogP contribution in [0.25, 0.3) is 0 Å². The summed E-state index contributed by atoms with van der Waals surface area (Å²) in [6.07, 6.45) is 0.741. The highest BCUT2D eigenvalue weighted by molar-refractivity contribution is 7.07. The van der Waals surface area contributed by atoms with E-state index < -0.39 is 11.7 Å². The number of rotatable bonds is 3. The van der Waals surface area contributed by atoms with Gasteiger partial charge in [0, 0.05) is 11.6 Å². The summed E-state index contributed by atoms with van der Waals surface area (Å²) in [4.78, 5) is 25.4. The molecule has 1 aromatic heterocycles.